The highest BCUT2D eigenvalue weighted by molar-refractivity contribution is 5.97. The first-order valence-corrected chi connectivity index (χ1v) is 6.57. The van der Waals surface area contributed by atoms with Crippen molar-refractivity contribution in [3.8, 4) is 5.75 Å². The number of likely N-dealkylation sites (N-methyl/N-ethyl adjacent to an activating group) is 1. The van der Waals surface area contributed by atoms with Crippen LogP contribution in [0.3, 0.4) is 0 Å². The summed E-state index contributed by atoms with van der Waals surface area (Å²) < 4.78 is 5.39. The van der Waals surface area contributed by atoms with E-state index in [9.17, 15) is 9.59 Å². The molecule has 1 amide bonds. The topological polar surface area (TPSA) is 66.8 Å². The van der Waals surface area contributed by atoms with Gasteiger partial charge in [-0.2, -0.15) is 0 Å². The van der Waals surface area contributed by atoms with E-state index < -0.39 is 5.97 Å². The summed E-state index contributed by atoms with van der Waals surface area (Å²) in [5.41, 5.74) is 1.47. The van der Waals surface area contributed by atoms with Gasteiger partial charge in [0.25, 0.3) is 5.91 Å². The van der Waals surface area contributed by atoms with E-state index in [-0.39, 0.29) is 24.3 Å². The predicted octanol–water partition coefficient (Wildman–Crippen LogP) is 2.18. The molecule has 108 valence electrons. The van der Waals surface area contributed by atoms with E-state index in [2.05, 4.69) is 0 Å². The molecule has 0 saturated heterocycles. The maximum absolute atomic E-state index is 11.7. The summed E-state index contributed by atoms with van der Waals surface area (Å²) in [4.78, 5) is 24.0. The molecule has 0 atom stereocenters. The molecule has 0 unspecified atom stereocenters. The second kappa shape index (κ2) is 5.15. The first-order valence-electron chi connectivity index (χ1n) is 6.57. The summed E-state index contributed by atoms with van der Waals surface area (Å²) in [7, 11) is 1.72. The second-order valence-corrected chi connectivity index (χ2v) is 5.70. The van der Waals surface area contributed by atoms with Crippen LogP contribution in [-0.2, 0) is 15.0 Å². The monoisotopic (exact) mass is 277 g/mol. The van der Waals surface area contributed by atoms with Crippen molar-refractivity contribution in [2.45, 2.75) is 32.1 Å². The van der Waals surface area contributed by atoms with Crippen molar-refractivity contribution in [3.63, 3.8) is 0 Å². The first-order chi connectivity index (χ1) is 9.31. The largest absolute Gasteiger partial charge is 0.482 e. The number of hydrogen-bond acceptors (Lipinski definition) is 3. The lowest BCUT2D eigenvalue weighted by atomic mass is 9.80. The highest BCUT2D eigenvalue weighted by Crippen LogP contribution is 2.37. The quantitative estimate of drug-likeness (QED) is 0.916. The van der Waals surface area contributed by atoms with Gasteiger partial charge in [-0.1, -0.05) is 19.9 Å². The van der Waals surface area contributed by atoms with Gasteiger partial charge in [-0.3, -0.25) is 9.59 Å². The number of anilines is 1. The molecule has 1 N–H and O–H groups in total. The fraction of sp³-hybridized carbons (Fsp3) is 0.467. The molecule has 1 aliphatic heterocycles. The van der Waals surface area contributed by atoms with Gasteiger partial charge in [0.1, 0.15) is 5.75 Å². The average Bonchev–Trinajstić information content (AvgIpc) is 2.40. The summed E-state index contributed by atoms with van der Waals surface area (Å²) >= 11 is 0. The molecule has 0 aliphatic carbocycles. The van der Waals surface area contributed by atoms with Gasteiger partial charge >= 0.3 is 5.97 Å². The lowest BCUT2D eigenvalue weighted by Gasteiger charge is -2.30. The van der Waals surface area contributed by atoms with Crippen molar-refractivity contribution < 1.29 is 19.4 Å². The van der Waals surface area contributed by atoms with Crippen molar-refractivity contribution in [2.24, 2.45) is 0 Å². The Morgan fingerprint density at radius 2 is 2.15 bits per heavy atom. The van der Waals surface area contributed by atoms with Crippen LogP contribution in [-0.4, -0.2) is 30.6 Å². The number of benzene rings is 1. The Morgan fingerprint density at radius 3 is 2.80 bits per heavy atom. The molecule has 5 nitrogen and oxygen atoms in total. The number of hydrogen-bond donors (Lipinski definition) is 1. The molecule has 5 heteroatoms. The SMILES string of the molecule is CN1C(=O)COc2ccc(C(C)(C)CCC(=O)O)cc21. The Hall–Kier alpha value is -2.04. The van der Waals surface area contributed by atoms with Crippen LogP contribution in [0.25, 0.3) is 0 Å². The lowest BCUT2D eigenvalue weighted by molar-refractivity contribution is -0.137. The smallest absolute Gasteiger partial charge is 0.303 e. The van der Waals surface area contributed by atoms with Crippen LogP contribution in [0, 0.1) is 0 Å². The van der Waals surface area contributed by atoms with Gasteiger partial charge < -0.3 is 14.7 Å². The maximum atomic E-state index is 11.7. The minimum absolute atomic E-state index is 0.0608. The van der Waals surface area contributed by atoms with Crippen LogP contribution in [0.5, 0.6) is 5.75 Å². The Bertz CT molecular complexity index is 551. The number of carbonyl (C=O) groups excluding carboxylic acids is 1. The van der Waals surface area contributed by atoms with Gasteiger partial charge in [-0.15, -0.1) is 0 Å². The molecule has 0 fully saturated rings. The van der Waals surface area contributed by atoms with E-state index in [4.69, 9.17) is 9.84 Å². The summed E-state index contributed by atoms with van der Waals surface area (Å²) in [5, 5.41) is 8.82. The zero-order valence-corrected chi connectivity index (χ0v) is 12.0. The minimum Gasteiger partial charge on any atom is -0.482 e. The van der Waals surface area contributed by atoms with Gasteiger partial charge in [-0.25, -0.2) is 0 Å². The number of rotatable bonds is 4. The number of ether oxygens (including phenoxy) is 1. The molecule has 0 aromatic heterocycles. The number of amides is 1. The second-order valence-electron chi connectivity index (χ2n) is 5.70. The Labute approximate surface area is 118 Å². The molecule has 2 rings (SSSR count). The third-order valence-electron chi connectivity index (χ3n) is 3.79. The van der Waals surface area contributed by atoms with Crippen molar-refractivity contribution in [3.05, 3.63) is 23.8 Å². The van der Waals surface area contributed by atoms with Gasteiger partial charge in [0.15, 0.2) is 6.61 Å². The molecular weight excluding hydrogens is 258 g/mol. The molecule has 0 bridgehead atoms. The highest BCUT2D eigenvalue weighted by atomic mass is 16.5. The summed E-state index contributed by atoms with van der Waals surface area (Å²) in [6.45, 7) is 4.07. The Kier molecular flexibility index (Phi) is 3.70. The third kappa shape index (κ3) is 2.76. The Morgan fingerprint density at radius 1 is 1.45 bits per heavy atom. The number of nitrogens with zero attached hydrogens (tertiary/aromatic N) is 1. The van der Waals surface area contributed by atoms with E-state index in [1.54, 1.807) is 11.9 Å². The van der Waals surface area contributed by atoms with Crippen LogP contribution < -0.4 is 9.64 Å². The molecule has 0 spiro atoms. The zero-order valence-electron chi connectivity index (χ0n) is 12.0. The Balaban J connectivity index is 2.30. The lowest BCUT2D eigenvalue weighted by Crippen LogP contribution is -2.35. The fourth-order valence-corrected chi connectivity index (χ4v) is 2.26. The standard InChI is InChI=1S/C15H19NO4/c1-15(2,7-6-14(18)19)10-4-5-12-11(8-10)16(3)13(17)9-20-12/h4-5,8H,6-7,9H2,1-3H3,(H,18,19). The highest BCUT2D eigenvalue weighted by Gasteiger charge is 2.27. The molecule has 1 aliphatic rings. The first kappa shape index (κ1) is 14.4. The minimum atomic E-state index is -0.799. The summed E-state index contributed by atoms with van der Waals surface area (Å²) in [5.74, 6) is -0.199. The molecular formula is C15H19NO4. The van der Waals surface area contributed by atoms with Gasteiger partial charge in [0.05, 0.1) is 5.69 Å². The van der Waals surface area contributed by atoms with E-state index >= 15 is 0 Å². The van der Waals surface area contributed by atoms with Gasteiger partial charge in [0, 0.05) is 13.5 Å². The number of aliphatic carboxylic acids is 1. The van der Waals surface area contributed by atoms with Crippen LogP contribution in [0.1, 0.15) is 32.3 Å². The average molecular weight is 277 g/mol. The molecule has 1 aromatic rings. The predicted molar refractivity (Wildman–Crippen MR) is 75.2 cm³/mol. The van der Waals surface area contributed by atoms with Crippen molar-refractivity contribution >= 4 is 17.6 Å². The molecule has 0 saturated carbocycles. The third-order valence-corrected chi connectivity index (χ3v) is 3.79. The maximum Gasteiger partial charge on any atom is 0.303 e. The van der Waals surface area contributed by atoms with Crippen molar-refractivity contribution in [2.75, 3.05) is 18.6 Å². The normalized spacial score (nSPS) is 14.8. The van der Waals surface area contributed by atoms with Crippen LogP contribution in [0.2, 0.25) is 0 Å². The van der Waals surface area contributed by atoms with E-state index in [1.807, 2.05) is 32.0 Å². The molecule has 0 radical (unpaired) electrons. The molecule has 20 heavy (non-hydrogen) atoms. The van der Waals surface area contributed by atoms with Crippen LogP contribution >= 0.6 is 0 Å². The summed E-state index contributed by atoms with van der Waals surface area (Å²) in [6, 6.07) is 5.69. The van der Waals surface area contributed by atoms with Crippen molar-refractivity contribution in [1.29, 1.82) is 0 Å². The van der Waals surface area contributed by atoms with E-state index in [1.165, 1.54) is 0 Å². The summed E-state index contributed by atoms with van der Waals surface area (Å²) in [6.07, 6.45) is 0.662. The van der Waals surface area contributed by atoms with Crippen molar-refractivity contribution in [1.82, 2.24) is 0 Å². The fourth-order valence-electron chi connectivity index (χ4n) is 2.26. The van der Waals surface area contributed by atoms with Crippen LogP contribution in [0.4, 0.5) is 5.69 Å². The number of carboxylic acid groups (broad SMARTS) is 1. The van der Waals surface area contributed by atoms with E-state index in [0.717, 1.165) is 11.3 Å². The molecule has 1 heterocycles. The molecule has 1 aromatic carbocycles. The number of fused-ring (bicyclic) bond motifs is 1. The van der Waals surface area contributed by atoms with Gasteiger partial charge in [-0.05, 0) is 29.5 Å². The number of carbonyl (C=O) groups is 2. The van der Waals surface area contributed by atoms with Gasteiger partial charge in [0.2, 0.25) is 0 Å². The zero-order chi connectivity index (χ0) is 14.9. The van der Waals surface area contributed by atoms with Crippen LogP contribution in [0.15, 0.2) is 18.2 Å². The van der Waals surface area contributed by atoms with E-state index in [0.29, 0.717) is 12.2 Å². The number of carboxylic acids is 1.